The highest BCUT2D eigenvalue weighted by Crippen LogP contribution is 2.19. The molecule has 1 aromatic carbocycles. The maximum Gasteiger partial charge on any atom is 0.271 e. The van der Waals surface area contributed by atoms with Gasteiger partial charge < -0.3 is 9.32 Å². The molecule has 3 heterocycles. The van der Waals surface area contributed by atoms with Crippen LogP contribution in [0.25, 0.3) is 6.08 Å². The van der Waals surface area contributed by atoms with E-state index in [4.69, 9.17) is 4.42 Å². The first kappa shape index (κ1) is 14.8. The van der Waals surface area contributed by atoms with Gasteiger partial charge in [0.05, 0.1) is 10.8 Å². The molecule has 0 N–H and O–H groups in total. The van der Waals surface area contributed by atoms with Crippen LogP contribution >= 0.6 is 11.3 Å². The molecule has 0 saturated heterocycles. The van der Waals surface area contributed by atoms with Gasteiger partial charge in [0, 0.05) is 17.8 Å². The highest BCUT2D eigenvalue weighted by Gasteiger charge is 2.17. The van der Waals surface area contributed by atoms with Crippen LogP contribution in [-0.2, 0) is 6.67 Å². The molecular weight excluding hydrogens is 336 g/mol. The smallest absolute Gasteiger partial charge is 0.271 e. The lowest BCUT2D eigenvalue weighted by molar-refractivity contribution is 0.506. The van der Waals surface area contributed by atoms with Crippen molar-refractivity contribution in [2.24, 2.45) is 4.99 Å². The molecule has 2 aromatic heterocycles. The summed E-state index contributed by atoms with van der Waals surface area (Å²) in [5.74, 6) is -1.25. The third kappa shape index (κ3) is 2.54. The molecule has 8 heteroatoms. The van der Waals surface area contributed by atoms with Crippen molar-refractivity contribution in [3.05, 3.63) is 73.7 Å². The third-order valence-corrected chi connectivity index (χ3v) is 4.71. The second-order valence-electron chi connectivity index (χ2n) is 5.22. The molecule has 0 aliphatic carbocycles. The van der Waals surface area contributed by atoms with Crippen LogP contribution in [-0.4, -0.2) is 11.2 Å². The summed E-state index contributed by atoms with van der Waals surface area (Å²) in [6.45, 7) is 0.496. The number of benzene rings is 1. The molecule has 1 aliphatic heterocycles. The molecule has 0 bridgehead atoms. The van der Waals surface area contributed by atoms with E-state index >= 15 is 0 Å². The largest absolute Gasteiger partial charge is 0.465 e. The molecular formula is C16H11F2N3O2S. The van der Waals surface area contributed by atoms with Crippen LogP contribution in [0.3, 0.4) is 0 Å². The van der Waals surface area contributed by atoms with Gasteiger partial charge in [-0.05, 0) is 24.3 Å². The van der Waals surface area contributed by atoms with Gasteiger partial charge in [0.25, 0.3) is 5.56 Å². The van der Waals surface area contributed by atoms with E-state index in [0.717, 1.165) is 12.1 Å². The van der Waals surface area contributed by atoms with Crippen molar-refractivity contribution in [2.45, 2.75) is 6.67 Å². The molecule has 122 valence electrons. The standard InChI is InChI=1S/C16H11F2N3O2S/c17-12-4-3-10(6-13(12)18)20-8-19-16-21(9-20)15(22)14(24-16)7-11-2-1-5-23-11/h1-7H,8-9H2. The Kier molecular flexibility index (Phi) is 3.53. The zero-order valence-electron chi connectivity index (χ0n) is 12.3. The summed E-state index contributed by atoms with van der Waals surface area (Å²) in [7, 11) is 0. The number of hydrogen-bond acceptors (Lipinski definition) is 5. The van der Waals surface area contributed by atoms with E-state index in [1.165, 1.54) is 28.2 Å². The molecule has 0 unspecified atom stereocenters. The van der Waals surface area contributed by atoms with Gasteiger partial charge in [-0.1, -0.05) is 11.3 Å². The van der Waals surface area contributed by atoms with Gasteiger partial charge in [-0.2, -0.15) is 0 Å². The van der Waals surface area contributed by atoms with Gasteiger partial charge in [0.2, 0.25) is 0 Å². The Morgan fingerprint density at radius 3 is 2.88 bits per heavy atom. The van der Waals surface area contributed by atoms with Crippen molar-refractivity contribution in [1.29, 1.82) is 0 Å². The van der Waals surface area contributed by atoms with E-state index in [0.29, 0.717) is 20.8 Å². The van der Waals surface area contributed by atoms with Gasteiger partial charge in [-0.25, -0.2) is 13.8 Å². The predicted molar refractivity (Wildman–Crippen MR) is 85.3 cm³/mol. The molecule has 5 nitrogen and oxygen atoms in total. The van der Waals surface area contributed by atoms with Crippen LogP contribution in [0.15, 0.2) is 50.8 Å². The second-order valence-corrected chi connectivity index (χ2v) is 6.23. The maximum absolute atomic E-state index is 13.4. The Labute approximate surface area is 138 Å². The number of anilines is 1. The van der Waals surface area contributed by atoms with E-state index in [9.17, 15) is 13.6 Å². The maximum atomic E-state index is 13.4. The van der Waals surface area contributed by atoms with E-state index in [1.807, 2.05) is 0 Å². The monoisotopic (exact) mass is 347 g/mol. The highest BCUT2D eigenvalue weighted by atomic mass is 32.1. The zero-order valence-corrected chi connectivity index (χ0v) is 13.1. The first-order chi connectivity index (χ1) is 11.6. The number of halogens is 2. The summed E-state index contributed by atoms with van der Waals surface area (Å²) >= 11 is 1.27. The average Bonchev–Trinajstić information content (AvgIpc) is 3.19. The molecule has 0 fully saturated rings. The van der Waals surface area contributed by atoms with Crippen LogP contribution in [0.5, 0.6) is 0 Å². The van der Waals surface area contributed by atoms with Crippen LogP contribution in [0.4, 0.5) is 14.5 Å². The fourth-order valence-corrected chi connectivity index (χ4v) is 3.40. The first-order valence-electron chi connectivity index (χ1n) is 7.11. The van der Waals surface area contributed by atoms with Gasteiger partial charge >= 0.3 is 0 Å². The SMILES string of the molecule is O=c1c(=Cc2ccco2)sc2n1CN(c1ccc(F)c(F)c1)CN=2. The Morgan fingerprint density at radius 2 is 2.12 bits per heavy atom. The zero-order chi connectivity index (χ0) is 16.7. The fraction of sp³-hybridized carbons (Fsp3) is 0.125. The summed E-state index contributed by atoms with van der Waals surface area (Å²) in [6.07, 6.45) is 3.20. The van der Waals surface area contributed by atoms with Crippen molar-refractivity contribution < 1.29 is 13.2 Å². The lowest BCUT2D eigenvalue weighted by Gasteiger charge is -2.25. The number of nitrogens with zero attached hydrogens (tertiary/aromatic N) is 3. The Balaban J connectivity index is 1.72. The molecule has 24 heavy (non-hydrogen) atoms. The van der Waals surface area contributed by atoms with Gasteiger partial charge in [-0.3, -0.25) is 9.36 Å². The van der Waals surface area contributed by atoms with Gasteiger partial charge in [-0.15, -0.1) is 0 Å². The van der Waals surface area contributed by atoms with Gasteiger partial charge in [0.15, 0.2) is 16.4 Å². The third-order valence-electron chi connectivity index (χ3n) is 3.66. The number of rotatable bonds is 2. The van der Waals surface area contributed by atoms with Crippen molar-refractivity contribution in [3.63, 3.8) is 0 Å². The molecule has 4 rings (SSSR count). The molecule has 0 saturated carbocycles. The number of furan rings is 1. The lowest BCUT2D eigenvalue weighted by atomic mass is 10.3. The normalized spacial score (nSPS) is 14.6. The van der Waals surface area contributed by atoms with Crippen molar-refractivity contribution >= 4 is 23.1 Å². The molecule has 0 spiro atoms. The molecule has 0 amide bonds. The minimum atomic E-state index is -0.928. The topological polar surface area (TPSA) is 50.7 Å². The van der Waals surface area contributed by atoms with Crippen LogP contribution in [0.2, 0.25) is 0 Å². The number of fused-ring (bicyclic) bond motifs is 1. The van der Waals surface area contributed by atoms with E-state index in [1.54, 1.807) is 23.1 Å². The molecule has 1 aliphatic rings. The minimum Gasteiger partial charge on any atom is -0.465 e. The Hall–Kier alpha value is -2.74. The van der Waals surface area contributed by atoms with E-state index in [2.05, 4.69) is 4.99 Å². The predicted octanol–water partition coefficient (Wildman–Crippen LogP) is 1.66. The first-order valence-corrected chi connectivity index (χ1v) is 7.93. The van der Waals surface area contributed by atoms with E-state index < -0.39 is 11.6 Å². The van der Waals surface area contributed by atoms with E-state index in [-0.39, 0.29) is 18.9 Å². The summed E-state index contributed by atoms with van der Waals surface area (Å²) < 4.78 is 33.7. The van der Waals surface area contributed by atoms with Crippen LogP contribution < -0.4 is 19.8 Å². The number of hydrogen-bond donors (Lipinski definition) is 0. The Morgan fingerprint density at radius 1 is 1.25 bits per heavy atom. The summed E-state index contributed by atoms with van der Waals surface area (Å²) in [5.41, 5.74) is 0.278. The summed E-state index contributed by atoms with van der Waals surface area (Å²) in [6, 6.07) is 7.13. The van der Waals surface area contributed by atoms with Crippen molar-refractivity contribution in [1.82, 2.24) is 4.57 Å². The molecule has 0 radical (unpaired) electrons. The second kappa shape index (κ2) is 5.72. The minimum absolute atomic E-state index is 0.192. The molecule has 0 atom stereocenters. The fourth-order valence-electron chi connectivity index (χ4n) is 2.46. The average molecular weight is 347 g/mol. The summed E-state index contributed by atoms with van der Waals surface area (Å²) in [4.78, 5) is 19.2. The number of aromatic nitrogens is 1. The highest BCUT2D eigenvalue weighted by molar-refractivity contribution is 7.07. The van der Waals surface area contributed by atoms with Crippen molar-refractivity contribution in [3.8, 4) is 0 Å². The molecule has 3 aromatic rings. The van der Waals surface area contributed by atoms with Crippen LogP contribution in [0.1, 0.15) is 5.76 Å². The summed E-state index contributed by atoms with van der Waals surface area (Å²) in [5, 5.41) is 0. The lowest BCUT2D eigenvalue weighted by Crippen LogP contribution is -2.42. The van der Waals surface area contributed by atoms with Gasteiger partial charge in [0.1, 0.15) is 19.1 Å². The Bertz CT molecular complexity index is 1070. The van der Waals surface area contributed by atoms with Crippen LogP contribution in [0, 0.1) is 11.6 Å². The quantitative estimate of drug-likeness (QED) is 0.709. The van der Waals surface area contributed by atoms with Crippen molar-refractivity contribution in [2.75, 3.05) is 11.6 Å². The number of thiazole rings is 1.